The van der Waals surface area contributed by atoms with Crippen molar-refractivity contribution in [1.82, 2.24) is 4.90 Å². The van der Waals surface area contributed by atoms with E-state index in [-0.39, 0.29) is 5.60 Å². The van der Waals surface area contributed by atoms with Crippen molar-refractivity contribution in [3.05, 3.63) is 29.8 Å². The molecular formula is C16H22N2O2. The first-order valence-electron chi connectivity index (χ1n) is 7.06. The Morgan fingerprint density at radius 2 is 2.20 bits per heavy atom. The van der Waals surface area contributed by atoms with Gasteiger partial charge in [0.15, 0.2) is 0 Å². The summed E-state index contributed by atoms with van der Waals surface area (Å²) in [7, 11) is 1.78. The molecule has 4 nitrogen and oxygen atoms in total. The van der Waals surface area contributed by atoms with E-state index in [1.165, 1.54) is 0 Å². The smallest absolute Gasteiger partial charge is 0.137 e. The van der Waals surface area contributed by atoms with Crippen molar-refractivity contribution in [1.29, 1.82) is 5.26 Å². The van der Waals surface area contributed by atoms with E-state index >= 15 is 0 Å². The van der Waals surface area contributed by atoms with Crippen LogP contribution in [-0.4, -0.2) is 43.9 Å². The van der Waals surface area contributed by atoms with Crippen LogP contribution in [0.3, 0.4) is 0 Å². The molecule has 0 aliphatic carbocycles. The quantitative estimate of drug-likeness (QED) is 0.827. The zero-order chi connectivity index (χ0) is 14.4. The van der Waals surface area contributed by atoms with Crippen LogP contribution >= 0.6 is 0 Å². The van der Waals surface area contributed by atoms with Crippen LogP contribution in [0, 0.1) is 11.3 Å². The van der Waals surface area contributed by atoms with Crippen LogP contribution in [0.1, 0.15) is 25.3 Å². The molecule has 20 heavy (non-hydrogen) atoms. The third kappa shape index (κ3) is 3.72. The van der Waals surface area contributed by atoms with E-state index in [2.05, 4.69) is 17.9 Å². The molecule has 0 aromatic heterocycles. The number of hydrogen-bond acceptors (Lipinski definition) is 4. The number of likely N-dealkylation sites (tertiary alicyclic amines) is 1. The average molecular weight is 274 g/mol. The average Bonchev–Trinajstić information content (AvgIpc) is 2.48. The number of nitriles is 1. The van der Waals surface area contributed by atoms with Gasteiger partial charge in [0, 0.05) is 20.2 Å². The first-order valence-corrected chi connectivity index (χ1v) is 7.06. The zero-order valence-electron chi connectivity index (χ0n) is 12.3. The molecule has 0 N–H and O–H groups in total. The van der Waals surface area contributed by atoms with Gasteiger partial charge in [0.05, 0.1) is 11.2 Å². The van der Waals surface area contributed by atoms with Gasteiger partial charge < -0.3 is 9.47 Å². The summed E-state index contributed by atoms with van der Waals surface area (Å²) in [5.41, 5.74) is 0.552. The molecule has 0 saturated carbocycles. The highest BCUT2D eigenvalue weighted by atomic mass is 16.5. The van der Waals surface area contributed by atoms with Gasteiger partial charge >= 0.3 is 0 Å². The minimum Gasteiger partial charge on any atom is -0.491 e. The molecule has 2 rings (SSSR count). The van der Waals surface area contributed by atoms with Crippen LogP contribution in [0.4, 0.5) is 0 Å². The Balaban J connectivity index is 1.83. The molecule has 1 fully saturated rings. The van der Waals surface area contributed by atoms with Gasteiger partial charge in [-0.15, -0.1) is 0 Å². The summed E-state index contributed by atoms with van der Waals surface area (Å²) < 4.78 is 11.3. The molecule has 1 aromatic rings. The Hall–Kier alpha value is -1.57. The van der Waals surface area contributed by atoms with Crippen molar-refractivity contribution in [2.45, 2.75) is 25.4 Å². The lowest BCUT2D eigenvalue weighted by atomic mass is 9.95. The van der Waals surface area contributed by atoms with Gasteiger partial charge in [0.2, 0.25) is 0 Å². The van der Waals surface area contributed by atoms with Gasteiger partial charge in [0.25, 0.3) is 0 Å². The number of rotatable bonds is 5. The first-order chi connectivity index (χ1) is 9.67. The molecule has 0 amide bonds. The van der Waals surface area contributed by atoms with Crippen molar-refractivity contribution in [3.8, 4) is 11.8 Å². The van der Waals surface area contributed by atoms with Crippen LogP contribution < -0.4 is 4.74 Å². The van der Waals surface area contributed by atoms with E-state index in [4.69, 9.17) is 14.7 Å². The van der Waals surface area contributed by atoms with Gasteiger partial charge in [-0.25, -0.2) is 0 Å². The molecule has 1 unspecified atom stereocenters. The molecule has 4 heteroatoms. The summed E-state index contributed by atoms with van der Waals surface area (Å²) >= 11 is 0. The molecule has 1 aromatic carbocycles. The van der Waals surface area contributed by atoms with E-state index in [1.807, 2.05) is 18.2 Å². The maximum atomic E-state index is 9.01. The summed E-state index contributed by atoms with van der Waals surface area (Å²) in [6.07, 6.45) is 2.26. The van der Waals surface area contributed by atoms with E-state index in [9.17, 15) is 0 Å². The van der Waals surface area contributed by atoms with E-state index in [1.54, 1.807) is 13.2 Å². The lowest BCUT2D eigenvalue weighted by Crippen LogP contribution is -2.48. The van der Waals surface area contributed by atoms with Crippen LogP contribution in [0.25, 0.3) is 0 Å². The maximum Gasteiger partial charge on any atom is 0.137 e. The number of benzene rings is 1. The normalized spacial score (nSPS) is 23.2. The molecule has 1 heterocycles. The van der Waals surface area contributed by atoms with Gasteiger partial charge in [-0.2, -0.15) is 5.26 Å². The van der Waals surface area contributed by atoms with Crippen LogP contribution in [0.5, 0.6) is 5.75 Å². The number of hydrogen-bond donors (Lipinski definition) is 0. The molecule has 1 aliphatic heterocycles. The first kappa shape index (κ1) is 14.8. The zero-order valence-corrected chi connectivity index (χ0v) is 12.3. The molecule has 0 spiro atoms. The fourth-order valence-electron chi connectivity index (χ4n) is 2.63. The van der Waals surface area contributed by atoms with Crippen molar-refractivity contribution < 1.29 is 9.47 Å². The standard InChI is InChI=1S/C16H22N2O2/c1-16(19-2)8-5-9-18(13-16)10-11-20-15-7-4-3-6-14(15)12-17/h3-4,6-7H,5,8-11,13H2,1-2H3. The summed E-state index contributed by atoms with van der Waals surface area (Å²) in [4.78, 5) is 2.36. The highest BCUT2D eigenvalue weighted by Crippen LogP contribution is 2.23. The number of ether oxygens (including phenoxy) is 2. The van der Waals surface area contributed by atoms with Gasteiger partial charge in [-0.05, 0) is 38.4 Å². The summed E-state index contributed by atoms with van der Waals surface area (Å²) in [6, 6.07) is 9.50. The maximum absolute atomic E-state index is 9.01. The van der Waals surface area contributed by atoms with Crippen molar-refractivity contribution >= 4 is 0 Å². The largest absolute Gasteiger partial charge is 0.491 e. The number of nitrogens with zero attached hydrogens (tertiary/aromatic N) is 2. The van der Waals surface area contributed by atoms with Gasteiger partial charge in [-0.1, -0.05) is 12.1 Å². The van der Waals surface area contributed by atoms with Crippen LogP contribution in [-0.2, 0) is 4.74 Å². The Kier molecular flexibility index (Phi) is 4.99. The van der Waals surface area contributed by atoms with Crippen molar-refractivity contribution in [3.63, 3.8) is 0 Å². The molecule has 0 radical (unpaired) electrons. The SMILES string of the molecule is COC1(C)CCCN(CCOc2ccccc2C#N)C1. The molecular weight excluding hydrogens is 252 g/mol. The fraction of sp³-hybridized carbons (Fsp3) is 0.562. The van der Waals surface area contributed by atoms with E-state index in [0.717, 1.165) is 32.5 Å². The Morgan fingerprint density at radius 1 is 1.40 bits per heavy atom. The monoisotopic (exact) mass is 274 g/mol. The van der Waals surface area contributed by atoms with Gasteiger partial charge in [-0.3, -0.25) is 4.90 Å². The van der Waals surface area contributed by atoms with Crippen molar-refractivity contribution in [2.75, 3.05) is 33.4 Å². The third-order valence-corrected chi connectivity index (χ3v) is 3.90. The van der Waals surface area contributed by atoms with Crippen molar-refractivity contribution in [2.24, 2.45) is 0 Å². The second-order valence-electron chi connectivity index (χ2n) is 5.49. The molecule has 1 saturated heterocycles. The summed E-state index contributed by atoms with van der Waals surface area (Å²) in [6.45, 7) is 5.64. The van der Waals surface area contributed by atoms with E-state index in [0.29, 0.717) is 17.9 Å². The second-order valence-corrected chi connectivity index (χ2v) is 5.49. The second kappa shape index (κ2) is 6.74. The molecule has 1 aliphatic rings. The Morgan fingerprint density at radius 3 is 2.95 bits per heavy atom. The lowest BCUT2D eigenvalue weighted by molar-refractivity contribution is -0.0524. The molecule has 1 atom stereocenters. The van der Waals surface area contributed by atoms with Crippen LogP contribution in [0.15, 0.2) is 24.3 Å². The Labute approximate surface area is 120 Å². The van der Waals surface area contributed by atoms with Crippen LogP contribution in [0.2, 0.25) is 0 Å². The van der Waals surface area contributed by atoms with Gasteiger partial charge in [0.1, 0.15) is 18.4 Å². The highest BCUT2D eigenvalue weighted by Gasteiger charge is 2.30. The predicted octanol–water partition coefficient (Wildman–Crippen LogP) is 2.44. The predicted molar refractivity (Wildman–Crippen MR) is 77.7 cm³/mol. The molecule has 108 valence electrons. The molecule has 0 bridgehead atoms. The summed E-state index contributed by atoms with van der Waals surface area (Å²) in [5, 5.41) is 9.01. The minimum atomic E-state index is -0.0389. The number of piperidine rings is 1. The topological polar surface area (TPSA) is 45.5 Å². The third-order valence-electron chi connectivity index (χ3n) is 3.90. The minimum absolute atomic E-state index is 0.0389. The highest BCUT2D eigenvalue weighted by molar-refractivity contribution is 5.42. The summed E-state index contributed by atoms with van der Waals surface area (Å²) in [5.74, 6) is 0.668. The fourth-order valence-corrected chi connectivity index (χ4v) is 2.63. The number of methoxy groups -OCH3 is 1. The lowest BCUT2D eigenvalue weighted by Gasteiger charge is -2.39. The van der Waals surface area contributed by atoms with E-state index < -0.39 is 0 Å². The number of para-hydroxylation sites is 1. The Bertz CT molecular complexity index is 484.